The van der Waals surface area contributed by atoms with Crippen molar-refractivity contribution >= 4 is 35.3 Å². The Hall–Kier alpha value is -2.46. The molecule has 3 aromatic rings. The molecule has 1 aromatic heterocycles. The van der Waals surface area contributed by atoms with E-state index in [9.17, 15) is 9.18 Å². The zero-order valence-corrected chi connectivity index (χ0v) is 14.7. The van der Waals surface area contributed by atoms with E-state index in [2.05, 4.69) is 4.98 Å². The number of aromatic nitrogens is 1. The maximum Gasteiger partial charge on any atom is 0.169 e. The van der Waals surface area contributed by atoms with Crippen LogP contribution in [0.3, 0.4) is 0 Å². The maximum absolute atomic E-state index is 13.1. The highest BCUT2D eigenvalue weighted by molar-refractivity contribution is 6.04. The van der Waals surface area contributed by atoms with Crippen LogP contribution in [0.15, 0.2) is 54.7 Å². The Balaban J connectivity index is 0.00000225. The Kier molecular flexibility index (Phi) is 5.75. The van der Waals surface area contributed by atoms with Crippen molar-refractivity contribution in [3.8, 4) is 0 Å². The summed E-state index contributed by atoms with van der Waals surface area (Å²) in [5.41, 5.74) is 1.77. The van der Waals surface area contributed by atoms with Gasteiger partial charge < -0.3 is 10.4 Å². The monoisotopic (exact) mass is 358 g/mol. The summed E-state index contributed by atoms with van der Waals surface area (Å²) in [6.07, 6.45) is 3.92. The molecule has 0 aliphatic carbocycles. The van der Waals surface area contributed by atoms with Gasteiger partial charge >= 0.3 is 0 Å². The first-order valence-corrected chi connectivity index (χ1v) is 7.87. The molecule has 0 radical (unpaired) electrons. The molecule has 0 spiro atoms. The number of hydrogen-bond acceptors (Lipinski definition) is 2. The molecular formula is C20H20ClFN2O. The van der Waals surface area contributed by atoms with Crippen LogP contribution in [-0.2, 0) is 6.42 Å². The molecule has 3 nitrogen and oxygen atoms in total. The summed E-state index contributed by atoms with van der Waals surface area (Å²) in [7, 11) is 0. The first-order valence-electron chi connectivity index (χ1n) is 7.87. The third-order valence-electron chi connectivity index (χ3n) is 4.42. The van der Waals surface area contributed by atoms with Crippen LogP contribution < -0.4 is 0 Å². The number of nitrogens with one attached hydrogen (secondary N) is 2. The van der Waals surface area contributed by atoms with E-state index in [4.69, 9.17) is 5.41 Å². The molecule has 0 bridgehead atoms. The Morgan fingerprint density at radius 3 is 2.60 bits per heavy atom. The van der Waals surface area contributed by atoms with Crippen LogP contribution in [0.2, 0.25) is 0 Å². The lowest BCUT2D eigenvalue weighted by Gasteiger charge is -2.27. The molecule has 1 unspecified atom stereocenters. The average Bonchev–Trinajstić information content (AvgIpc) is 3.04. The highest BCUT2D eigenvalue weighted by Gasteiger charge is 2.33. The van der Waals surface area contributed by atoms with Crippen LogP contribution in [-0.4, -0.2) is 17.0 Å². The molecule has 1 heterocycles. The van der Waals surface area contributed by atoms with Crippen molar-refractivity contribution in [3.05, 3.63) is 71.7 Å². The fraction of sp³-hybridized carbons (Fsp3) is 0.200. The number of carbonyl (C=O) groups excluding carboxylic acids is 1. The van der Waals surface area contributed by atoms with E-state index in [-0.39, 0.29) is 24.0 Å². The first-order chi connectivity index (χ1) is 11.5. The number of carbonyl (C=O) groups is 1. The van der Waals surface area contributed by atoms with Gasteiger partial charge in [-0.05, 0) is 61.0 Å². The second-order valence-electron chi connectivity index (χ2n) is 6.38. The predicted molar refractivity (Wildman–Crippen MR) is 101 cm³/mol. The molecule has 0 fully saturated rings. The van der Waals surface area contributed by atoms with Gasteiger partial charge in [0.15, 0.2) is 5.78 Å². The van der Waals surface area contributed by atoms with E-state index in [0.717, 1.165) is 16.5 Å². The van der Waals surface area contributed by atoms with Crippen LogP contribution in [0.5, 0.6) is 0 Å². The van der Waals surface area contributed by atoms with Crippen molar-refractivity contribution in [3.63, 3.8) is 0 Å². The number of rotatable bonds is 6. The smallest absolute Gasteiger partial charge is 0.169 e. The zero-order valence-electron chi connectivity index (χ0n) is 13.9. The van der Waals surface area contributed by atoms with Crippen LogP contribution >= 0.6 is 12.4 Å². The summed E-state index contributed by atoms with van der Waals surface area (Å²) < 4.78 is 13.1. The second-order valence-corrected chi connectivity index (χ2v) is 6.38. The molecule has 130 valence electrons. The Morgan fingerprint density at radius 1 is 1.20 bits per heavy atom. The van der Waals surface area contributed by atoms with Crippen molar-refractivity contribution in [2.75, 3.05) is 0 Å². The lowest BCUT2D eigenvalue weighted by Crippen LogP contribution is -2.31. The van der Waals surface area contributed by atoms with Crippen molar-refractivity contribution < 1.29 is 9.18 Å². The minimum Gasteiger partial charge on any atom is -0.361 e. The van der Waals surface area contributed by atoms with Crippen molar-refractivity contribution in [1.29, 1.82) is 5.41 Å². The Labute approximate surface area is 152 Å². The molecule has 5 heteroatoms. The normalized spacial score (nSPS) is 13.0. The first kappa shape index (κ1) is 18.9. The predicted octanol–water partition coefficient (Wildman–Crippen LogP) is 5.20. The summed E-state index contributed by atoms with van der Waals surface area (Å²) in [4.78, 5) is 16.2. The molecule has 25 heavy (non-hydrogen) atoms. The van der Waals surface area contributed by atoms with Crippen LogP contribution in [0, 0.1) is 16.6 Å². The highest BCUT2D eigenvalue weighted by Crippen LogP contribution is 2.31. The van der Waals surface area contributed by atoms with Gasteiger partial charge in [-0.25, -0.2) is 4.39 Å². The molecule has 0 amide bonds. The second kappa shape index (κ2) is 7.62. The van der Waals surface area contributed by atoms with Gasteiger partial charge in [0.1, 0.15) is 5.82 Å². The van der Waals surface area contributed by atoms with Gasteiger partial charge in [-0.2, -0.15) is 0 Å². The van der Waals surface area contributed by atoms with E-state index >= 15 is 0 Å². The van der Waals surface area contributed by atoms with Gasteiger partial charge in [0, 0.05) is 28.1 Å². The molecule has 2 N–H and O–H groups in total. The molecule has 0 saturated heterocycles. The summed E-state index contributed by atoms with van der Waals surface area (Å²) >= 11 is 0. The number of halogens is 2. The van der Waals surface area contributed by atoms with Crippen LogP contribution in [0.1, 0.15) is 29.3 Å². The van der Waals surface area contributed by atoms with E-state index in [0.29, 0.717) is 18.4 Å². The minimum absolute atomic E-state index is 0. The average molecular weight is 359 g/mol. The summed E-state index contributed by atoms with van der Waals surface area (Å²) in [5.74, 6) is -0.296. The largest absolute Gasteiger partial charge is 0.361 e. The van der Waals surface area contributed by atoms with Gasteiger partial charge in [0.25, 0.3) is 0 Å². The van der Waals surface area contributed by atoms with Crippen LogP contribution in [0.4, 0.5) is 4.39 Å². The van der Waals surface area contributed by atoms with E-state index in [1.807, 2.05) is 37.4 Å². The van der Waals surface area contributed by atoms with Crippen molar-refractivity contribution in [2.24, 2.45) is 5.41 Å². The lowest BCUT2D eigenvalue weighted by atomic mass is 9.75. The number of hydrogen-bond donors (Lipinski definition) is 2. The van der Waals surface area contributed by atoms with Gasteiger partial charge in [0.05, 0.1) is 0 Å². The molecule has 0 saturated carbocycles. The van der Waals surface area contributed by atoms with E-state index in [1.165, 1.54) is 18.3 Å². The van der Waals surface area contributed by atoms with Gasteiger partial charge in [0.2, 0.25) is 0 Å². The minimum atomic E-state index is -0.733. The number of aromatic amines is 1. The summed E-state index contributed by atoms with van der Waals surface area (Å²) in [5, 5.41) is 8.46. The zero-order chi connectivity index (χ0) is 17.2. The number of benzene rings is 2. The molecule has 2 aromatic carbocycles. The third kappa shape index (κ3) is 3.97. The van der Waals surface area contributed by atoms with Gasteiger partial charge in [-0.3, -0.25) is 4.79 Å². The molecular weight excluding hydrogens is 339 g/mol. The molecule has 0 aliphatic rings. The standard InChI is InChI=1S/C20H19FN2O.ClH/c1-20(9-10-22,13-14-2-5-17(21)6-3-14)19(24)16-4-7-18-15(12-16)8-11-23-18;/h2-8,10-12,22-23H,9,13H2,1H3;1H. The fourth-order valence-corrected chi connectivity index (χ4v) is 3.07. The number of Topliss-reactive ketones (excluding diaryl/α,β-unsaturated/α-hetero) is 1. The van der Waals surface area contributed by atoms with E-state index in [1.54, 1.807) is 12.1 Å². The van der Waals surface area contributed by atoms with Crippen LogP contribution in [0.25, 0.3) is 10.9 Å². The molecule has 0 aliphatic heterocycles. The topological polar surface area (TPSA) is 56.7 Å². The van der Waals surface area contributed by atoms with Gasteiger partial charge in [-0.1, -0.05) is 19.1 Å². The molecule has 3 rings (SSSR count). The summed E-state index contributed by atoms with van der Waals surface area (Å²) in [6, 6.07) is 13.7. The van der Waals surface area contributed by atoms with Crippen molar-refractivity contribution in [1.82, 2.24) is 4.98 Å². The highest BCUT2D eigenvalue weighted by atomic mass is 35.5. The fourth-order valence-electron chi connectivity index (χ4n) is 3.07. The van der Waals surface area contributed by atoms with E-state index < -0.39 is 5.41 Å². The Bertz CT molecular complexity index is 888. The number of fused-ring (bicyclic) bond motifs is 1. The molecule has 1 atom stereocenters. The lowest BCUT2D eigenvalue weighted by molar-refractivity contribution is 0.0824. The third-order valence-corrected chi connectivity index (χ3v) is 4.42. The Morgan fingerprint density at radius 2 is 1.92 bits per heavy atom. The quantitative estimate of drug-likeness (QED) is 0.461. The number of ketones is 1. The SMILES string of the molecule is CC(CC=N)(Cc1ccc(F)cc1)C(=O)c1ccc2[nH]ccc2c1.Cl. The maximum atomic E-state index is 13.1. The van der Waals surface area contributed by atoms with Gasteiger partial charge in [-0.15, -0.1) is 12.4 Å². The number of H-pyrrole nitrogens is 1. The van der Waals surface area contributed by atoms with Crippen molar-refractivity contribution in [2.45, 2.75) is 19.8 Å². The summed E-state index contributed by atoms with van der Waals surface area (Å²) in [6.45, 7) is 1.87.